The first-order chi connectivity index (χ1) is 8.69. The second-order valence-electron chi connectivity index (χ2n) is 3.87. The molecule has 0 aromatic heterocycles. The minimum atomic E-state index is -0.336. The fourth-order valence-electron chi connectivity index (χ4n) is 1.41. The Morgan fingerprint density at radius 2 is 2.06 bits per heavy atom. The van der Waals surface area contributed by atoms with Crippen molar-refractivity contribution in [3.63, 3.8) is 0 Å². The molecule has 0 atom stereocenters. The lowest BCUT2D eigenvalue weighted by Gasteiger charge is -2.10. The fraction of sp³-hybridized carbons (Fsp3) is 0.500. The first-order valence-corrected chi connectivity index (χ1v) is 6.17. The van der Waals surface area contributed by atoms with Crippen molar-refractivity contribution in [3.8, 4) is 5.75 Å². The summed E-state index contributed by atoms with van der Waals surface area (Å²) in [4.78, 5) is 11.6. The van der Waals surface area contributed by atoms with Crippen LogP contribution < -0.4 is 4.74 Å². The van der Waals surface area contributed by atoms with Gasteiger partial charge in [0.25, 0.3) is 0 Å². The molecule has 0 fully saturated rings. The zero-order chi connectivity index (χ0) is 13.4. The molecule has 0 aliphatic carbocycles. The van der Waals surface area contributed by atoms with Gasteiger partial charge in [0, 0.05) is 0 Å². The van der Waals surface area contributed by atoms with Gasteiger partial charge in [0.15, 0.2) is 6.79 Å². The summed E-state index contributed by atoms with van der Waals surface area (Å²) in [6, 6.07) is 5.25. The zero-order valence-electron chi connectivity index (χ0n) is 11.2. The van der Waals surface area contributed by atoms with Crippen LogP contribution in [0.5, 0.6) is 5.75 Å². The molecule has 0 bridgehead atoms. The summed E-state index contributed by atoms with van der Waals surface area (Å²) in [6.45, 7) is 6.96. The molecule has 4 nitrogen and oxygen atoms in total. The van der Waals surface area contributed by atoms with Crippen LogP contribution in [-0.2, 0) is 9.47 Å². The molecule has 0 saturated heterocycles. The predicted octanol–water partition coefficient (Wildman–Crippen LogP) is 2.93. The van der Waals surface area contributed by atoms with E-state index in [1.165, 1.54) is 0 Å². The molecule has 0 N–H and O–H groups in total. The molecule has 100 valence electrons. The summed E-state index contributed by atoms with van der Waals surface area (Å²) >= 11 is 0. The Balaban J connectivity index is 2.66. The molecule has 0 spiro atoms. The number of aryl methyl sites for hydroxylation is 1. The molecule has 4 heteroatoms. The number of ether oxygens (including phenoxy) is 3. The number of carbonyl (C=O) groups is 1. The van der Waals surface area contributed by atoms with Crippen LogP contribution in [0.25, 0.3) is 0 Å². The Morgan fingerprint density at radius 1 is 1.28 bits per heavy atom. The van der Waals surface area contributed by atoms with E-state index in [1.807, 2.05) is 19.9 Å². The van der Waals surface area contributed by atoms with Crippen LogP contribution in [0.3, 0.4) is 0 Å². The molecular weight excluding hydrogens is 232 g/mol. The standard InChI is InChI=1S/C14H20O4/c1-4-8-16-10-18-13-9-12(7-6-11(13)3)14(15)17-5-2/h6-7,9H,4-5,8,10H2,1-3H3. The highest BCUT2D eigenvalue weighted by Crippen LogP contribution is 2.20. The topological polar surface area (TPSA) is 44.8 Å². The lowest BCUT2D eigenvalue weighted by molar-refractivity contribution is 0.0151. The maximum atomic E-state index is 11.6. The van der Waals surface area contributed by atoms with E-state index in [1.54, 1.807) is 19.1 Å². The monoisotopic (exact) mass is 252 g/mol. The number of esters is 1. The molecule has 1 aromatic rings. The minimum absolute atomic E-state index is 0.195. The summed E-state index contributed by atoms with van der Waals surface area (Å²) in [5, 5.41) is 0. The lowest BCUT2D eigenvalue weighted by Crippen LogP contribution is -2.07. The molecule has 0 aliphatic heterocycles. The molecule has 0 saturated carbocycles. The minimum Gasteiger partial charge on any atom is -0.467 e. The van der Waals surface area contributed by atoms with Crippen molar-refractivity contribution in [2.75, 3.05) is 20.0 Å². The SMILES string of the molecule is CCCOCOc1cc(C(=O)OCC)ccc1C. The molecule has 0 aliphatic rings. The Labute approximate surface area is 108 Å². The van der Waals surface area contributed by atoms with E-state index in [0.29, 0.717) is 24.5 Å². The van der Waals surface area contributed by atoms with Crippen molar-refractivity contribution in [1.82, 2.24) is 0 Å². The zero-order valence-corrected chi connectivity index (χ0v) is 11.2. The van der Waals surface area contributed by atoms with Gasteiger partial charge in [0.2, 0.25) is 0 Å². The van der Waals surface area contributed by atoms with Gasteiger partial charge in [0.1, 0.15) is 5.75 Å². The van der Waals surface area contributed by atoms with Crippen LogP contribution in [0.1, 0.15) is 36.2 Å². The summed E-state index contributed by atoms with van der Waals surface area (Å²) < 4.78 is 15.7. The van der Waals surface area contributed by atoms with Gasteiger partial charge >= 0.3 is 5.97 Å². The summed E-state index contributed by atoms with van der Waals surface area (Å²) in [7, 11) is 0. The van der Waals surface area contributed by atoms with Gasteiger partial charge in [-0.2, -0.15) is 0 Å². The molecule has 18 heavy (non-hydrogen) atoms. The van der Waals surface area contributed by atoms with E-state index < -0.39 is 0 Å². The Kier molecular flexibility index (Phi) is 6.22. The lowest BCUT2D eigenvalue weighted by atomic mass is 10.1. The van der Waals surface area contributed by atoms with Crippen LogP contribution >= 0.6 is 0 Å². The van der Waals surface area contributed by atoms with Crippen molar-refractivity contribution in [3.05, 3.63) is 29.3 Å². The molecular formula is C14H20O4. The summed E-state index contributed by atoms with van der Waals surface area (Å²) in [5.74, 6) is 0.313. The Hall–Kier alpha value is -1.55. The quantitative estimate of drug-likeness (QED) is 0.425. The van der Waals surface area contributed by atoms with Crippen molar-refractivity contribution in [2.24, 2.45) is 0 Å². The van der Waals surface area contributed by atoms with Crippen molar-refractivity contribution in [1.29, 1.82) is 0 Å². The van der Waals surface area contributed by atoms with Gasteiger partial charge in [0.05, 0.1) is 18.8 Å². The smallest absolute Gasteiger partial charge is 0.338 e. The predicted molar refractivity (Wildman–Crippen MR) is 68.9 cm³/mol. The second-order valence-corrected chi connectivity index (χ2v) is 3.87. The van der Waals surface area contributed by atoms with E-state index >= 15 is 0 Å². The van der Waals surface area contributed by atoms with Crippen LogP contribution in [0.2, 0.25) is 0 Å². The molecule has 1 rings (SSSR count). The number of hydrogen-bond acceptors (Lipinski definition) is 4. The van der Waals surface area contributed by atoms with E-state index in [4.69, 9.17) is 14.2 Å². The van der Waals surface area contributed by atoms with E-state index in [-0.39, 0.29) is 12.8 Å². The third-order valence-electron chi connectivity index (χ3n) is 2.35. The first kappa shape index (κ1) is 14.5. The van der Waals surface area contributed by atoms with Gasteiger partial charge in [-0.1, -0.05) is 13.0 Å². The Bertz CT molecular complexity index is 387. The van der Waals surface area contributed by atoms with Gasteiger partial charge < -0.3 is 14.2 Å². The van der Waals surface area contributed by atoms with Crippen LogP contribution in [0, 0.1) is 6.92 Å². The van der Waals surface area contributed by atoms with E-state index in [0.717, 1.165) is 12.0 Å². The molecule has 0 amide bonds. The van der Waals surface area contributed by atoms with Crippen LogP contribution in [-0.4, -0.2) is 26.0 Å². The third-order valence-corrected chi connectivity index (χ3v) is 2.35. The molecule has 0 heterocycles. The number of benzene rings is 1. The molecule has 1 aromatic carbocycles. The van der Waals surface area contributed by atoms with Crippen LogP contribution in [0.15, 0.2) is 18.2 Å². The third kappa shape index (κ3) is 4.37. The second kappa shape index (κ2) is 7.71. The number of rotatable bonds is 7. The first-order valence-electron chi connectivity index (χ1n) is 6.17. The fourth-order valence-corrected chi connectivity index (χ4v) is 1.41. The Morgan fingerprint density at radius 3 is 2.72 bits per heavy atom. The van der Waals surface area contributed by atoms with E-state index in [9.17, 15) is 4.79 Å². The normalized spacial score (nSPS) is 10.2. The highest BCUT2D eigenvalue weighted by molar-refractivity contribution is 5.90. The van der Waals surface area contributed by atoms with Crippen molar-refractivity contribution in [2.45, 2.75) is 27.2 Å². The largest absolute Gasteiger partial charge is 0.467 e. The van der Waals surface area contributed by atoms with E-state index in [2.05, 4.69) is 0 Å². The number of hydrogen-bond donors (Lipinski definition) is 0. The van der Waals surface area contributed by atoms with Crippen molar-refractivity contribution >= 4 is 5.97 Å². The van der Waals surface area contributed by atoms with Gasteiger partial charge in [-0.3, -0.25) is 0 Å². The average Bonchev–Trinajstić information content (AvgIpc) is 2.37. The highest BCUT2D eigenvalue weighted by Gasteiger charge is 2.09. The molecule has 0 unspecified atom stereocenters. The maximum absolute atomic E-state index is 11.6. The molecule has 0 radical (unpaired) electrons. The van der Waals surface area contributed by atoms with Gasteiger partial charge in [-0.15, -0.1) is 0 Å². The van der Waals surface area contributed by atoms with Gasteiger partial charge in [-0.05, 0) is 38.0 Å². The summed E-state index contributed by atoms with van der Waals surface area (Å²) in [5.41, 5.74) is 1.45. The van der Waals surface area contributed by atoms with Crippen LogP contribution in [0.4, 0.5) is 0 Å². The van der Waals surface area contributed by atoms with Gasteiger partial charge in [-0.25, -0.2) is 4.79 Å². The number of carbonyl (C=O) groups excluding carboxylic acids is 1. The summed E-state index contributed by atoms with van der Waals surface area (Å²) in [6.07, 6.45) is 0.950. The van der Waals surface area contributed by atoms with Crippen molar-refractivity contribution < 1.29 is 19.0 Å². The average molecular weight is 252 g/mol. The highest BCUT2D eigenvalue weighted by atomic mass is 16.7. The maximum Gasteiger partial charge on any atom is 0.338 e.